The van der Waals surface area contributed by atoms with Crippen LogP contribution in [0.5, 0.6) is 0 Å². The van der Waals surface area contributed by atoms with E-state index in [1.165, 1.54) is 12.0 Å². The first kappa shape index (κ1) is 16.7. The van der Waals surface area contributed by atoms with Gasteiger partial charge in [0, 0.05) is 17.2 Å². The van der Waals surface area contributed by atoms with Crippen molar-refractivity contribution in [3.05, 3.63) is 35.4 Å². The van der Waals surface area contributed by atoms with Crippen LogP contribution in [0.1, 0.15) is 29.8 Å². The molecule has 1 aromatic rings. The van der Waals surface area contributed by atoms with Gasteiger partial charge < -0.3 is 15.4 Å². The molecule has 0 aliphatic carbocycles. The molecule has 21 heavy (non-hydrogen) atoms. The van der Waals surface area contributed by atoms with Crippen molar-refractivity contribution in [1.29, 1.82) is 0 Å². The Morgan fingerprint density at radius 1 is 1.38 bits per heavy atom. The maximum absolute atomic E-state index is 12.5. The molecule has 1 aromatic carbocycles. The fourth-order valence-electron chi connectivity index (χ4n) is 1.74. The monoisotopic (exact) mass is 288 g/mol. The minimum Gasteiger partial charge on any atom is -0.468 e. The largest absolute Gasteiger partial charge is 0.468 e. The van der Waals surface area contributed by atoms with Crippen molar-refractivity contribution in [3.8, 4) is 11.8 Å². The van der Waals surface area contributed by atoms with Gasteiger partial charge in [0.1, 0.15) is 6.54 Å². The van der Waals surface area contributed by atoms with Crippen LogP contribution < -0.4 is 5.73 Å². The van der Waals surface area contributed by atoms with Crippen molar-refractivity contribution in [2.24, 2.45) is 5.73 Å². The van der Waals surface area contributed by atoms with E-state index in [2.05, 4.69) is 16.6 Å². The quantitative estimate of drug-likeness (QED) is 0.663. The molecule has 0 saturated carbocycles. The predicted octanol–water partition coefficient (Wildman–Crippen LogP) is 1.02. The van der Waals surface area contributed by atoms with E-state index >= 15 is 0 Å². The van der Waals surface area contributed by atoms with E-state index in [4.69, 9.17) is 5.73 Å². The van der Waals surface area contributed by atoms with Crippen molar-refractivity contribution in [3.63, 3.8) is 0 Å². The number of hydrogen-bond donors (Lipinski definition) is 1. The molecule has 0 aliphatic rings. The fourth-order valence-corrected chi connectivity index (χ4v) is 1.74. The zero-order chi connectivity index (χ0) is 15.8. The Morgan fingerprint density at radius 3 is 2.67 bits per heavy atom. The molecular weight excluding hydrogens is 268 g/mol. The highest BCUT2D eigenvalue weighted by Crippen LogP contribution is 2.11. The second-order valence-corrected chi connectivity index (χ2v) is 4.69. The molecule has 0 radical (unpaired) electrons. The molecule has 0 bridgehead atoms. The zero-order valence-electron chi connectivity index (χ0n) is 12.6. The van der Waals surface area contributed by atoms with E-state index in [1.807, 2.05) is 13.8 Å². The molecule has 0 atom stereocenters. The summed E-state index contributed by atoms with van der Waals surface area (Å²) in [6.45, 7) is 3.88. The molecule has 0 unspecified atom stereocenters. The zero-order valence-corrected chi connectivity index (χ0v) is 12.6. The van der Waals surface area contributed by atoms with E-state index in [0.29, 0.717) is 11.1 Å². The van der Waals surface area contributed by atoms with Crippen LogP contribution in [0.2, 0.25) is 0 Å². The molecular formula is C16H20N2O3. The SMILES string of the molecule is COC(=O)CN(C(=O)c1cccc(C#CCN)c1)C(C)C. The molecule has 5 heteroatoms. The molecule has 112 valence electrons. The number of carbonyl (C=O) groups is 2. The van der Waals surface area contributed by atoms with Crippen LogP contribution in [-0.4, -0.2) is 43.0 Å². The summed E-state index contributed by atoms with van der Waals surface area (Å²) in [5, 5.41) is 0. The fraction of sp³-hybridized carbons (Fsp3) is 0.375. The summed E-state index contributed by atoms with van der Waals surface area (Å²) in [5.74, 6) is 4.95. The predicted molar refractivity (Wildman–Crippen MR) is 80.6 cm³/mol. The van der Waals surface area contributed by atoms with Gasteiger partial charge in [0.2, 0.25) is 0 Å². The van der Waals surface area contributed by atoms with Crippen molar-refractivity contribution in [2.45, 2.75) is 19.9 Å². The smallest absolute Gasteiger partial charge is 0.325 e. The van der Waals surface area contributed by atoms with Gasteiger partial charge in [0.15, 0.2) is 0 Å². The van der Waals surface area contributed by atoms with Crippen LogP contribution in [0.3, 0.4) is 0 Å². The minimum absolute atomic E-state index is 0.0777. The van der Waals surface area contributed by atoms with E-state index in [1.54, 1.807) is 24.3 Å². The highest BCUT2D eigenvalue weighted by Gasteiger charge is 2.21. The van der Waals surface area contributed by atoms with Gasteiger partial charge in [-0.2, -0.15) is 0 Å². The van der Waals surface area contributed by atoms with Crippen LogP contribution in [0.4, 0.5) is 0 Å². The van der Waals surface area contributed by atoms with Crippen LogP contribution in [0, 0.1) is 11.8 Å². The molecule has 0 spiro atoms. The number of rotatable bonds is 4. The summed E-state index contributed by atoms with van der Waals surface area (Å²) in [7, 11) is 1.30. The number of benzene rings is 1. The lowest BCUT2D eigenvalue weighted by molar-refractivity contribution is -0.141. The van der Waals surface area contributed by atoms with Crippen LogP contribution in [0.25, 0.3) is 0 Å². The topological polar surface area (TPSA) is 72.6 Å². The molecule has 0 aliphatic heterocycles. The minimum atomic E-state index is -0.448. The third kappa shape index (κ3) is 4.93. The highest BCUT2D eigenvalue weighted by atomic mass is 16.5. The Labute approximate surface area is 125 Å². The molecule has 0 heterocycles. The van der Waals surface area contributed by atoms with Gasteiger partial charge in [-0.1, -0.05) is 17.9 Å². The van der Waals surface area contributed by atoms with Gasteiger partial charge in [0.05, 0.1) is 13.7 Å². The van der Waals surface area contributed by atoms with Gasteiger partial charge in [0.25, 0.3) is 5.91 Å². The third-order valence-corrected chi connectivity index (χ3v) is 2.86. The van der Waals surface area contributed by atoms with E-state index in [-0.39, 0.29) is 25.0 Å². The van der Waals surface area contributed by atoms with E-state index in [9.17, 15) is 9.59 Å². The molecule has 2 N–H and O–H groups in total. The lowest BCUT2D eigenvalue weighted by atomic mass is 10.1. The molecule has 0 saturated heterocycles. The van der Waals surface area contributed by atoms with Gasteiger partial charge >= 0.3 is 5.97 Å². The molecule has 0 fully saturated rings. The first-order valence-electron chi connectivity index (χ1n) is 6.66. The van der Waals surface area contributed by atoms with Gasteiger partial charge in [-0.25, -0.2) is 0 Å². The number of hydrogen-bond acceptors (Lipinski definition) is 4. The van der Waals surface area contributed by atoms with Crippen LogP contribution in [-0.2, 0) is 9.53 Å². The van der Waals surface area contributed by atoms with Crippen molar-refractivity contribution < 1.29 is 14.3 Å². The standard InChI is InChI=1S/C16H20N2O3/c1-12(2)18(11-15(19)21-3)16(20)14-8-4-6-13(10-14)7-5-9-17/h4,6,8,10,12H,9,11,17H2,1-3H3. The Bertz CT molecular complexity index is 570. The number of methoxy groups -OCH3 is 1. The van der Waals surface area contributed by atoms with Crippen molar-refractivity contribution in [1.82, 2.24) is 4.90 Å². The average molecular weight is 288 g/mol. The Hall–Kier alpha value is -2.32. The molecule has 1 rings (SSSR count). The highest BCUT2D eigenvalue weighted by molar-refractivity contribution is 5.96. The second-order valence-electron chi connectivity index (χ2n) is 4.69. The maximum Gasteiger partial charge on any atom is 0.325 e. The van der Waals surface area contributed by atoms with Crippen LogP contribution >= 0.6 is 0 Å². The maximum atomic E-state index is 12.5. The summed E-state index contributed by atoms with van der Waals surface area (Å²) in [6, 6.07) is 6.83. The Morgan fingerprint density at radius 2 is 2.10 bits per heavy atom. The number of amides is 1. The number of carbonyl (C=O) groups excluding carboxylic acids is 2. The second kappa shape index (κ2) is 8.08. The lowest BCUT2D eigenvalue weighted by Crippen LogP contribution is -2.41. The lowest BCUT2D eigenvalue weighted by Gasteiger charge is -2.25. The summed E-state index contributed by atoms with van der Waals surface area (Å²) in [4.78, 5) is 25.4. The molecule has 1 amide bonds. The van der Waals surface area contributed by atoms with Gasteiger partial charge in [-0.3, -0.25) is 9.59 Å². The molecule has 0 aromatic heterocycles. The Kier molecular flexibility index (Phi) is 6.44. The van der Waals surface area contributed by atoms with Crippen molar-refractivity contribution in [2.75, 3.05) is 20.2 Å². The average Bonchev–Trinajstić information content (AvgIpc) is 2.49. The van der Waals surface area contributed by atoms with Crippen LogP contribution in [0.15, 0.2) is 24.3 Å². The summed E-state index contributed by atoms with van der Waals surface area (Å²) >= 11 is 0. The van der Waals surface area contributed by atoms with Crippen molar-refractivity contribution >= 4 is 11.9 Å². The normalized spacial score (nSPS) is 9.76. The summed E-state index contributed by atoms with van der Waals surface area (Å²) in [5.41, 5.74) is 6.53. The first-order chi connectivity index (χ1) is 9.99. The molecule has 5 nitrogen and oxygen atoms in total. The van der Waals surface area contributed by atoms with Gasteiger partial charge in [-0.15, -0.1) is 0 Å². The third-order valence-electron chi connectivity index (χ3n) is 2.86. The van der Waals surface area contributed by atoms with Gasteiger partial charge in [-0.05, 0) is 32.0 Å². The number of ether oxygens (including phenoxy) is 1. The summed E-state index contributed by atoms with van der Waals surface area (Å²) in [6.07, 6.45) is 0. The van der Waals surface area contributed by atoms with E-state index < -0.39 is 5.97 Å². The summed E-state index contributed by atoms with van der Waals surface area (Å²) < 4.78 is 4.62. The number of nitrogens with two attached hydrogens (primary N) is 1. The first-order valence-corrected chi connectivity index (χ1v) is 6.66. The number of esters is 1. The number of nitrogens with zero attached hydrogens (tertiary/aromatic N) is 1. The Balaban J connectivity index is 3.01. The van der Waals surface area contributed by atoms with E-state index in [0.717, 1.165) is 0 Å².